The van der Waals surface area contributed by atoms with Crippen LogP contribution in [0.2, 0.25) is 0 Å². The highest BCUT2D eigenvalue weighted by atomic mass is 19.1. The van der Waals surface area contributed by atoms with Gasteiger partial charge < -0.3 is 29.1 Å². The summed E-state index contributed by atoms with van der Waals surface area (Å²) in [6.07, 6.45) is 1.34. The average molecular weight is 483 g/mol. The summed E-state index contributed by atoms with van der Waals surface area (Å²) in [6.45, 7) is 1.49. The van der Waals surface area contributed by atoms with Crippen molar-refractivity contribution in [1.82, 2.24) is 29.8 Å². The minimum atomic E-state index is -0.916. The van der Waals surface area contributed by atoms with Gasteiger partial charge in [0, 0.05) is 4.98 Å². The van der Waals surface area contributed by atoms with Gasteiger partial charge in [0.15, 0.2) is 5.60 Å². The number of hydrogen-bond acceptors (Lipinski definition) is 10. The summed E-state index contributed by atoms with van der Waals surface area (Å²) in [7, 11) is 0. The standard InChI is InChI=1S/C21H18FN7O6/c1-21(11-27-10-18(29(30)31)23-19(27)35-21)12-32-15-4-2-14(3-5-15)28-20(24-25-26-28)34-17-8-6-16(7-9-17)33-13-22/h2-10H,11-13H2,1H3/t21-/m1/s1. The van der Waals surface area contributed by atoms with Crippen LogP contribution >= 0.6 is 0 Å². The molecule has 1 atom stereocenters. The average Bonchev–Trinajstić information content (AvgIpc) is 3.54. The van der Waals surface area contributed by atoms with Crippen molar-refractivity contribution in [2.24, 2.45) is 0 Å². The summed E-state index contributed by atoms with van der Waals surface area (Å²) in [6, 6.07) is 13.7. The Bertz CT molecular complexity index is 1320. The van der Waals surface area contributed by atoms with Crippen molar-refractivity contribution in [3.8, 4) is 35.0 Å². The molecular formula is C21H18FN7O6. The van der Waals surface area contributed by atoms with Gasteiger partial charge in [-0.25, -0.2) is 4.39 Å². The molecule has 180 valence electrons. The lowest BCUT2D eigenvalue weighted by Gasteiger charge is -2.22. The molecule has 14 heteroatoms. The summed E-state index contributed by atoms with van der Waals surface area (Å²) < 4.78 is 37.4. The Morgan fingerprint density at radius 3 is 2.49 bits per heavy atom. The number of alkyl halides is 1. The van der Waals surface area contributed by atoms with Crippen LogP contribution in [0.5, 0.6) is 29.3 Å². The van der Waals surface area contributed by atoms with E-state index in [1.165, 1.54) is 10.9 Å². The fraction of sp³-hybridized carbons (Fsp3) is 0.238. The maximum Gasteiger partial charge on any atom is 0.415 e. The highest BCUT2D eigenvalue weighted by Crippen LogP contribution is 2.31. The minimum Gasteiger partial charge on any atom is -0.489 e. The summed E-state index contributed by atoms with van der Waals surface area (Å²) in [4.78, 5) is 14.1. The van der Waals surface area contributed by atoms with Crippen LogP contribution in [0.3, 0.4) is 0 Å². The van der Waals surface area contributed by atoms with Crippen LogP contribution in [0.15, 0.2) is 54.7 Å². The third-order valence-electron chi connectivity index (χ3n) is 5.08. The van der Waals surface area contributed by atoms with Gasteiger partial charge in [0.1, 0.15) is 30.1 Å². The first-order chi connectivity index (χ1) is 16.9. The third kappa shape index (κ3) is 4.66. The zero-order valence-electron chi connectivity index (χ0n) is 18.3. The van der Waals surface area contributed by atoms with Gasteiger partial charge in [0.25, 0.3) is 0 Å². The van der Waals surface area contributed by atoms with Gasteiger partial charge in [-0.05, 0) is 70.8 Å². The smallest absolute Gasteiger partial charge is 0.415 e. The van der Waals surface area contributed by atoms with E-state index in [9.17, 15) is 14.5 Å². The van der Waals surface area contributed by atoms with E-state index in [1.54, 1.807) is 53.1 Å². The molecule has 13 nitrogen and oxygen atoms in total. The lowest BCUT2D eigenvalue weighted by molar-refractivity contribution is -0.389. The lowest BCUT2D eigenvalue weighted by Crippen LogP contribution is -2.38. The zero-order valence-corrected chi connectivity index (χ0v) is 18.3. The first-order valence-corrected chi connectivity index (χ1v) is 10.3. The summed E-state index contributed by atoms with van der Waals surface area (Å²) >= 11 is 0. The molecule has 0 saturated heterocycles. The van der Waals surface area contributed by atoms with Crippen LogP contribution in [0.1, 0.15) is 6.92 Å². The molecule has 1 aliphatic rings. The second-order valence-electron chi connectivity index (χ2n) is 7.80. The monoisotopic (exact) mass is 483 g/mol. The minimum absolute atomic E-state index is 0.133. The van der Waals surface area contributed by atoms with E-state index >= 15 is 0 Å². The van der Waals surface area contributed by atoms with Gasteiger partial charge in [-0.15, -0.1) is 0 Å². The first-order valence-electron chi connectivity index (χ1n) is 10.3. The molecule has 2 aromatic carbocycles. The van der Waals surface area contributed by atoms with Crippen molar-refractivity contribution >= 4 is 5.82 Å². The molecule has 1 aliphatic heterocycles. The molecule has 35 heavy (non-hydrogen) atoms. The van der Waals surface area contributed by atoms with E-state index in [2.05, 4.69) is 20.5 Å². The van der Waals surface area contributed by atoms with E-state index in [1.807, 2.05) is 6.92 Å². The molecule has 3 heterocycles. The van der Waals surface area contributed by atoms with Crippen LogP contribution in [0, 0.1) is 10.1 Å². The molecular weight excluding hydrogens is 465 g/mol. The topological polar surface area (TPSA) is 141 Å². The number of ether oxygens (including phenoxy) is 4. The van der Waals surface area contributed by atoms with Gasteiger partial charge in [-0.2, -0.15) is 4.68 Å². The van der Waals surface area contributed by atoms with Crippen molar-refractivity contribution < 1.29 is 28.3 Å². The number of nitrogens with zero attached hydrogens (tertiary/aromatic N) is 7. The maximum absolute atomic E-state index is 12.3. The zero-order chi connectivity index (χ0) is 24.4. The van der Waals surface area contributed by atoms with Gasteiger partial charge in [-0.1, -0.05) is 5.10 Å². The number of imidazole rings is 1. The molecule has 5 rings (SSSR count). The molecule has 0 N–H and O–H groups in total. The molecule has 0 radical (unpaired) electrons. The van der Waals surface area contributed by atoms with E-state index in [4.69, 9.17) is 18.9 Å². The highest BCUT2D eigenvalue weighted by molar-refractivity contribution is 5.39. The molecule has 0 amide bonds. The Hall–Kier alpha value is -4.75. The molecule has 0 aliphatic carbocycles. The fourth-order valence-electron chi connectivity index (χ4n) is 3.45. The van der Waals surface area contributed by atoms with Gasteiger partial charge in [0.2, 0.25) is 6.86 Å². The van der Waals surface area contributed by atoms with Crippen molar-refractivity contribution in [3.05, 3.63) is 64.8 Å². The number of nitro groups is 1. The molecule has 0 bridgehead atoms. The van der Waals surface area contributed by atoms with E-state index in [0.717, 1.165) is 0 Å². The highest BCUT2D eigenvalue weighted by Gasteiger charge is 2.41. The number of tetrazole rings is 1. The summed E-state index contributed by atoms with van der Waals surface area (Å²) in [5, 5.41) is 22.4. The Morgan fingerprint density at radius 1 is 1.11 bits per heavy atom. The molecule has 0 fully saturated rings. The number of rotatable bonds is 9. The van der Waals surface area contributed by atoms with Crippen LogP contribution < -0.4 is 18.9 Å². The number of aromatic nitrogens is 6. The SMILES string of the molecule is C[C@]1(COc2ccc(-n3nnnc3Oc3ccc(OCF)cc3)cc2)Cn2cc([N+](=O)[O-])nc2O1. The molecule has 4 aromatic rings. The predicted octanol–water partition coefficient (Wildman–Crippen LogP) is 3.10. The summed E-state index contributed by atoms with van der Waals surface area (Å²) in [5.41, 5.74) is -0.0943. The fourth-order valence-corrected chi connectivity index (χ4v) is 3.45. The summed E-state index contributed by atoms with van der Waals surface area (Å²) in [5.74, 6) is 1.14. The van der Waals surface area contributed by atoms with E-state index in [0.29, 0.717) is 29.5 Å². The normalized spacial score (nSPS) is 16.4. The predicted molar refractivity (Wildman–Crippen MR) is 116 cm³/mol. The first kappa shape index (κ1) is 22.1. The van der Waals surface area contributed by atoms with Gasteiger partial charge in [0.05, 0.1) is 12.2 Å². The molecule has 0 saturated carbocycles. The van der Waals surface area contributed by atoms with Crippen molar-refractivity contribution in [3.63, 3.8) is 0 Å². The Labute approximate surface area is 196 Å². The number of hydrogen-bond donors (Lipinski definition) is 0. The van der Waals surface area contributed by atoms with Crippen molar-refractivity contribution in [2.45, 2.75) is 19.1 Å². The Morgan fingerprint density at radius 2 is 1.80 bits per heavy atom. The van der Waals surface area contributed by atoms with Crippen LogP contribution in [0.25, 0.3) is 5.69 Å². The van der Waals surface area contributed by atoms with Crippen LogP contribution in [-0.4, -0.2) is 53.8 Å². The number of fused-ring (bicyclic) bond motifs is 1. The second kappa shape index (κ2) is 8.89. The molecule has 2 aromatic heterocycles. The molecule has 0 spiro atoms. The van der Waals surface area contributed by atoms with E-state index in [-0.39, 0.29) is 24.4 Å². The van der Waals surface area contributed by atoms with Crippen LogP contribution in [-0.2, 0) is 6.54 Å². The van der Waals surface area contributed by atoms with Gasteiger partial charge >= 0.3 is 17.8 Å². The Balaban J connectivity index is 1.21. The second-order valence-corrected chi connectivity index (χ2v) is 7.80. The van der Waals surface area contributed by atoms with Crippen molar-refractivity contribution in [2.75, 3.05) is 13.5 Å². The van der Waals surface area contributed by atoms with Crippen LogP contribution in [0.4, 0.5) is 10.2 Å². The van der Waals surface area contributed by atoms with Crippen molar-refractivity contribution in [1.29, 1.82) is 0 Å². The third-order valence-corrected chi connectivity index (χ3v) is 5.08. The van der Waals surface area contributed by atoms with Gasteiger partial charge in [-0.3, -0.25) is 4.57 Å². The Kier molecular flexibility index (Phi) is 5.60. The number of halogens is 1. The number of benzene rings is 2. The quantitative estimate of drug-likeness (QED) is 0.257. The molecule has 0 unspecified atom stereocenters. The van der Waals surface area contributed by atoms with E-state index < -0.39 is 17.4 Å². The largest absolute Gasteiger partial charge is 0.489 e. The maximum atomic E-state index is 12.3. The lowest BCUT2D eigenvalue weighted by atomic mass is 10.1.